The number of rotatable bonds is 6. The van der Waals surface area contributed by atoms with Crippen molar-refractivity contribution in [3.63, 3.8) is 0 Å². The summed E-state index contributed by atoms with van der Waals surface area (Å²) in [5.74, 6) is 1.77. The minimum Gasteiger partial charge on any atom is -0.343 e. The molecule has 1 unspecified atom stereocenters. The molecule has 1 saturated carbocycles. The molecule has 0 spiro atoms. The van der Waals surface area contributed by atoms with E-state index in [2.05, 4.69) is 21.5 Å². The van der Waals surface area contributed by atoms with Crippen LogP contribution in [0, 0.1) is 0 Å². The van der Waals surface area contributed by atoms with Gasteiger partial charge in [-0.25, -0.2) is 4.98 Å². The summed E-state index contributed by atoms with van der Waals surface area (Å²) in [6.07, 6.45) is 6.36. The molecular formula is C13H22N4S. The summed E-state index contributed by atoms with van der Waals surface area (Å²) >= 11 is 1.60. The zero-order valence-electron chi connectivity index (χ0n) is 11.1. The Hall–Kier alpha value is -0.680. The predicted molar refractivity (Wildman–Crippen MR) is 75.4 cm³/mol. The Bertz CT molecular complexity index is 388. The minimum absolute atomic E-state index is 0.622. The second kappa shape index (κ2) is 5.53. The molecular weight excluding hydrogens is 244 g/mol. The molecule has 1 aliphatic carbocycles. The summed E-state index contributed by atoms with van der Waals surface area (Å²) in [6.45, 7) is 5.57. The number of aromatic nitrogens is 2. The third kappa shape index (κ3) is 2.67. The fourth-order valence-corrected chi connectivity index (χ4v) is 3.44. The fourth-order valence-electron chi connectivity index (χ4n) is 2.60. The molecule has 1 N–H and O–H groups in total. The Balaban J connectivity index is 1.61. The van der Waals surface area contributed by atoms with Crippen LogP contribution in [0.5, 0.6) is 0 Å². The molecule has 1 aromatic rings. The van der Waals surface area contributed by atoms with Gasteiger partial charge >= 0.3 is 0 Å². The zero-order chi connectivity index (χ0) is 12.4. The van der Waals surface area contributed by atoms with Crippen LogP contribution in [0.15, 0.2) is 0 Å². The summed E-state index contributed by atoms with van der Waals surface area (Å²) in [7, 11) is 0. The van der Waals surface area contributed by atoms with E-state index in [0.29, 0.717) is 12.0 Å². The Morgan fingerprint density at radius 3 is 3.06 bits per heavy atom. The lowest BCUT2D eigenvalue weighted by Gasteiger charge is -2.23. The maximum absolute atomic E-state index is 4.74. The van der Waals surface area contributed by atoms with Gasteiger partial charge in [-0.2, -0.15) is 4.37 Å². The van der Waals surface area contributed by atoms with Gasteiger partial charge in [0.2, 0.25) is 5.13 Å². The van der Waals surface area contributed by atoms with Gasteiger partial charge in [-0.15, -0.1) is 0 Å². The van der Waals surface area contributed by atoms with Crippen LogP contribution in [0.3, 0.4) is 0 Å². The summed E-state index contributed by atoms with van der Waals surface area (Å²) in [6, 6.07) is 0.622. The summed E-state index contributed by atoms with van der Waals surface area (Å²) in [5, 5.41) is 4.68. The fraction of sp³-hybridized carbons (Fsp3) is 0.846. The van der Waals surface area contributed by atoms with E-state index in [9.17, 15) is 0 Å². The molecule has 1 saturated heterocycles. The quantitative estimate of drug-likeness (QED) is 0.803. The average molecular weight is 266 g/mol. The molecule has 1 aromatic heterocycles. The molecule has 2 aliphatic rings. The first-order chi connectivity index (χ1) is 8.88. The predicted octanol–water partition coefficient (Wildman–Crippen LogP) is 2.38. The van der Waals surface area contributed by atoms with E-state index in [-0.39, 0.29) is 0 Å². The minimum atomic E-state index is 0.622. The van der Waals surface area contributed by atoms with E-state index in [0.717, 1.165) is 30.6 Å². The van der Waals surface area contributed by atoms with Crippen molar-refractivity contribution >= 4 is 16.7 Å². The Morgan fingerprint density at radius 2 is 2.28 bits per heavy atom. The van der Waals surface area contributed by atoms with E-state index < -0.39 is 0 Å². The molecule has 0 bridgehead atoms. The molecule has 0 aromatic carbocycles. The van der Waals surface area contributed by atoms with Crippen molar-refractivity contribution in [3.05, 3.63) is 5.82 Å². The van der Waals surface area contributed by atoms with Crippen molar-refractivity contribution in [2.45, 2.75) is 51.0 Å². The number of hydrogen-bond acceptors (Lipinski definition) is 5. The summed E-state index contributed by atoms with van der Waals surface area (Å²) in [4.78, 5) is 7.20. The molecule has 4 nitrogen and oxygen atoms in total. The van der Waals surface area contributed by atoms with Crippen molar-refractivity contribution in [2.75, 3.05) is 24.5 Å². The standard InChI is InChI=1S/C13H22N4S/c1-2-7-14-9-11-4-3-8-17(11)13-15-12(16-18-13)10-5-6-10/h10-11,14H,2-9H2,1H3. The third-order valence-electron chi connectivity index (χ3n) is 3.80. The lowest BCUT2D eigenvalue weighted by molar-refractivity contribution is 0.570. The largest absolute Gasteiger partial charge is 0.343 e. The zero-order valence-corrected chi connectivity index (χ0v) is 11.9. The first kappa shape index (κ1) is 12.4. The maximum Gasteiger partial charge on any atom is 0.205 e. The lowest BCUT2D eigenvalue weighted by atomic mass is 10.2. The normalized spacial score (nSPS) is 23.8. The van der Waals surface area contributed by atoms with Crippen LogP contribution in [0.2, 0.25) is 0 Å². The van der Waals surface area contributed by atoms with Crippen molar-refractivity contribution in [3.8, 4) is 0 Å². The molecule has 1 aliphatic heterocycles. The highest BCUT2D eigenvalue weighted by atomic mass is 32.1. The highest BCUT2D eigenvalue weighted by Crippen LogP contribution is 2.40. The van der Waals surface area contributed by atoms with Crippen LogP contribution in [0.25, 0.3) is 0 Å². The van der Waals surface area contributed by atoms with Gasteiger partial charge in [-0.1, -0.05) is 6.92 Å². The summed E-state index contributed by atoms with van der Waals surface area (Å²) in [5.41, 5.74) is 0. The Kier molecular flexibility index (Phi) is 3.80. The van der Waals surface area contributed by atoms with Crippen LogP contribution < -0.4 is 10.2 Å². The second-order valence-electron chi connectivity index (χ2n) is 5.40. The van der Waals surface area contributed by atoms with Gasteiger partial charge in [0.05, 0.1) is 0 Å². The van der Waals surface area contributed by atoms with E-state index in [1.165, 1.54) is 32.1 Å². The van der Waals surface area contributed by atoms with E-state index in [1.54, 1.807) is 11.5 Å². The first-order valence-corrected chi connectivity index (χ1v) is 7.96. The third-order valence-corrected chi connectivity index (χ3v) is 4.57. The topological polar surface area (TPSA) is 41.0 Å². The molecule has 2 fully saturated rings. The Labute approximate surface area is 113 Å². The molecule has 1 atom stereocenters. The average Bonchev–Trinajstić information content (AvgIpc) is 2.93. The van der Waals surface area contributed by atoms with E-state index in [1.807, 2.05) is 0 Å². The van der Waals surface area contributed by atoms with E-state index in [4.69, 9.17) is 4.98 Å². The smallest absolute Gasteiger partial charge is 0.205 e. The van der Waals surface area contributed by atoms with Gasteiger partial charge in [0.15, 0.2) is 0 Å². The van der Waals surface area contributed by atoms with Crippen molar-refractivity contribution in [1.29, 1.82) is 0 Å². The van der Waals surface area contributed by atoms with Crippen LogP contribution in [-0.2, 0) is 0 Å². The van der Waals surface area contributed by atoms with Crippen LogP contribution in [0.4, 0.5) is 5.13 Å². The molecule has 100 valence electrons. The van der Waals surface area contributed by atoms with Gasteiger partial charge < -0.3 is 10.2 Å². The lowest BCUT2D eigenvalue weighted by Crippen LogP contribution is -2.38. The van der Waals surface area contributed by atoms with Gasteiger partial charge in [-0.3, -0.25) is 0 Å². The molecule has 0 amide bonds. The Morgan fingerprint density at radius 1 is 1.39 bits per heavy atom. The number of anilines is 1. The number of hydrogen-bond donors (Lipinski definition) is 1. The van der Waals surface area contributed by atoms with Crippen molar-refractivity contribution < 1.29 is 0 Å². The summed E-state index contributed by atoms with van der Waals surface area (Å²) < 4.78 is 4.52. The SMILES string of the molecule is CCCNCC1CCCN1c1nc(C2CC2)ns1. The van der Waals surface area contributed by atoms with Crippen LogP contribution >= 0.6 is 11.5 Å². The maximum atomic E-state index is 4.74. The molecule has 2 heterocycles. The molecule has 0 radical (unpaired) electrons. The number of nitrogens with one attached hydrogen (secondary N) is 1. The molecule has 5 heteroatoms. The van der Waals surface area contributed by atoms with Gasteiger partial charge in [0, 0.05) is 36.6 Å². The monoisotopic (exact) mass is 266 g/mol. The number of nitrogens with zero attached hydrogens (tertiary/aromatic N) is 3. The van der Waals surface area contributed by atoms with Crippen LogP contribution in [-0.4, -0.2) is 35.0 Å². The highest BCUT2D eigenvalue weighted by Gasteiger charge is 2.31. The molecule has 18 heavy (non-hydrogen) atoms. The van der Waals surface area contributed by atoms with Gasteiger partial charge in [0.1, 0.15) is 5.82 Å². The second-order valence-corrected chi connectivity index (χ2v) is 6.13. The van der Waals surface area contributed by atoms with Crippen molar-refractivity contribution in [2.24, 2.45) is 0 Å². The highest BCUT2D eigenvalue weighted by molar-refractivity contribution is 7.09. The van der Waals surface area contributed by atoms with Gasteiger partial charge in [0.25, 0.3) is 0 Å². The van der Waals surface area contributed by atoms with Gasteiger partial charge in [-0.05, 0) is 38.6 Å². The first-order valence-electron chi connectivity index (χ1n) is 7.19. The van der Waals surface area contributed by atoms with Crippen molar-refractivity contribution in [1.82, 2.24) is 14.7 Å². The molecule has 3 rings (SSSR count). The van der Waals surface area contributed by atoms with E-state index >= 15 is 0 Å². The van der Waals surface area contributed by atoms with Crippen LogP contribution in [0.1, 0.15) is 50.8 Å².